The molecule has 0 aliphatic rings. The van der Waals surface area contributed by atoms with E-state index in [2.05, 4.69) is 20.6 Å². The molecular formula is C14H11ClN6O3. The number of hydrogen-bond acceptors (Lipinski definition) is 5. The topological polar surface area (TPSA) is 119 Å². The van der Waals surface area contributed by atoms with Gasteiger partial charge in [0.25, 0.3) is 5.91 Å². The van der Waals surface area contributed by atoms with Crippen LogP contribution in [0.15, 0.2) is 42.6 Å². The van der Waals surface area contributed by atoms with E-state index >= 15 is 0 Å². The zero-order valence-electron chi connectivity index (χ0n) is 12.1. The number of hydrogen-bond donors (Lipinski definition) is 2. The Labute approximate surface area is 140 Å². The van der Waals surface area contributed by atoms with E-state index in [0.717, 1.165) is 11.6 Å². The van der Waals surface area contributed by atoms with Gasteiger partial charge in [-0.1, -0.05) is 28.8 Å². The fourth-order valence-corrected chi connectivity index (χ4v) is 2.12. The molecule has 0 atom stereocenters. The van der Waals surface area contributed by atoms with E-state index in [4.69, 9.17) is 11.6 Å². The Morgan fingerprint density at radius 1 is 1.33 bits per heavy atom. The van der Waals surface area contributed by atoms with Crippen molar-refractivity contribution in [2.24, 2.45) is 0 Å². The minimum atomic E-state index is -0.662. The van der Waals surface area contributed by atoms with Crippen LogP contribution in [0.1, 0.15) is 16.1 Å². The van der Waals surface area contributed by atoms with Gasteiger partial charge in [-0.3, -0.25) is 9.48 Å². The van der Waals surface area contributed by atoms with Crippen LogP contribution in [-0.2, 0) is 6.54 Å². The Kier molecular flexibility index (Phi) is 4.25. The van der Waals surface area contributed by atoms with Gasteiger partial charge >= 0.3 is 5.82 Å². The number of halogens is 1. The fraction of sp³-hybridized carbons (Fsp3) is 0.0714. The number of aromatic amines is 1. The summed E-state index contributed by atoms with van der Waals surface area (Å²) in [6.45, 7) is 0.515. The SMILES string of the molecule is O=C(Nc1ccn(Cc2ccc(Cl)cc2)n1)c1cc([N+](=O)[O-])[nH]n1. The van der Waals surface area contributed by atoms with Gasteiger partial charge in [-0.2, -0.15) is 5.10 Å². The van der Waals surface area contributed by atoms with Crippen LogP contribution in [0.5, 0.6) is 0 Å². The first kappa shape index (κ1) is 15.7. The lowest BCUT2D eigenvalue weighted by atomic mass is 10.2. The van der Waals surface area contributed by atoms with Crippen LogP contribution in [0.3, 0.4) is 0 Å². The number of nitro groups is 1. The van der Waals surface area contributed by atoms with E-state index in [1.807, 2.05) is 12.1 Å². The Balaban J connectivity index is 1.65. The summed E-state index contributed by atoms with van der Waals surface area (Å²) in [7, 11) is 0. The number of amides is 1. The summed E-state index contributed by atoms with van der Waals surface area (Å²) >= 11 is 5.84. The van der Waals surface area contributed by atoms with E-state index in [9.17, 15) is 14.9 Å². The van der Waals surface area contributed by atoms with Gasteiger partial charge in [-0.05, 0) is 22.6 Å². The number of carbonyl (C=O) groups is 1. The molecule has 0 saturated carbocycles. The highest BCUT2D eigenvalue weighted by Gasteiger charge is 2.17. The van der Waals surface area contributed by atoms with Gasteiger partial charge in [-0.15, -0.1) is 5.10 Å². The van der Waals surface area contributed by atoms with Crippen molar-refractivity contribution in [3.63, 3.8) is 0 Å². The summed E-state index contributed by atoms with van der Waals surface area (Å²) in [6.07, 6.45) is 1.71. The number of nitrogens with one attached hydrogen (secondary N) is 2. The number of anilines is 1. The molecule has 1 amide bonds. The highest BCUT2D eigenvalue weighted by molar-refractivity contribution is 6.30. The summed E-state index contributed by atoms with van der Waals surface area (Å²) < 4.78 is 1.64. The summed E-state index contributed by atoms with van der Waals surface area (Å²) in [5.74, 6) is -0.621. The molecule has 0 fully saturated rings. The number of aromatic nitrogens is 4. The first-order chi connectivity index (χ1) is 11.5. The van der Waals surface area contributed by atoms with Gasteiger partial charge in [0.2, 0.25) is 0 Å². The molecule has 2 aromatic heterocycles. The van der Waals surface area contributed by atoms with Crippen LogP contribution < -0.4 is 5.32 Å². The maximum Gasteiger partial charge on any atom is 0.343 e. The van der Waals surface area contributed by atoms with Crippen LogP contribution in [0.4, 0.5) is 11.6 Å². The second-order valence-electron chi connectivity index (χ2n) is 4.87. The molecule has 3 rings (SSSR count). The van der Waals surface area contributed by atoms with Crippen molar-refractivity contribution in [2.75, 3.05) is 5.32 Å². The Hall–Kier alpha value is -3.20. The summed E-state index contributed by atoms with van der Waals surface area (Å²) in [5, 5.41) is 23.7. The molecule has 122 valence electrons. The molecule has 0 radical (unpaired) electrons. The van der Waals surface area contributed by atoms with Gasteiger partial charge in [0.1, 0.15) is 0 Å². The van der Waals surface area contributed by atoms with Gasteiger partial charge in [-0.25, -0.2) is 0 Å². The van der Waals surface area contributed by atoms with Crippen molar-refractivity contribution in [1.82, 2.24) is 20.0 Å². The van der Waals surface area contributed by atoms with E-state index < -0.39 is 10.8 Å². The van der Waals surface area contributed by atoms with E-state index in [1.165, 1.54) is 0 Å². The zero-order chi connectivity index (χ0) is 17.1. The lowest BCUT2D eigenvalue weighted by molar-refractivity contribution is -0.389. The molecule has 0 spiro atoms. The Bertz CT molecular complexity index is 886. The number of H-pyrrole nitrogens is 1. The predicted molar refractivity (Wildman–Crippen MR) is 86.0 cm³/mol. The second kappa shape index (κ2) is 6.50. The average molecular weight is 347 g/mol. The zero-order valence-corrected chi connectivity index (χ0v) is 12.9. The quantitative estimate of drug-likeness (QED) is 0.543. The van der Waals surface area contributed by atoms with E-state index in [1.54, 1.807) is 29.1 Å². The van der Waals surface area contributed by atoms with Crippen LogP contribution >= 0.6 is 11.6 Å². The van der Waals surface area contributed by atoms with E-state index in [0.29, 0.717) is 17.4 Å². The monoisotopic (exact) mass is 346 g/mol. The number of rotatable bonds is 5. The third kappa shape index (κ3) is 3.58. The third-order valence-electron chi connectivity index (χ3n) is 3.13. The lowest BCUT2D eigenvalue weighted by Crippen LogP contribution is -2.13. The van der Waals surface area contributed by atoms with Gasteiger partial charge in [0.05, 0.1) is 12.6 Å². The van der Waals surface area contributed by atoms with Crippen LogP contribution in [-0.4, -0.2) is 30.8 Å². The maximum atomic E-state index is 12.0. The molecule has 3 aromatic rings. The fourth-order valence-electron chi connectivity index (χ4n) is 2.00. The normalized spacial score (nSPS) is 10.5. The molecule has 1 aromatic carbocycles. The van der Waals surface area contributed by atoms with Crippen LogP contribution in [0.25, 0.3) is 0 Å². The highest BCUT2D eigenvalue weighted by Crippen LogP contribution is 2.13. The standard InChI is InChI=1S/C14H11ClN6O3/c15-10-3-1-9(2-4-10)8-20-6-5-12(19-20)16-14(22)11-7-13(18-17-11)21(23)24/h1-7H,8H2,(H,17,18)(H,16,19,22). The molecule has 9 nitrogen and oxygen atoms in total. The number of benzene rings is 1. The molecule has 0 aliphatic heterocycles. The Morgan fingerprint density at radius 2 is 2.08 bits per heavy atom. The van der Waals surface area contributed by atoms with Gasteiger partial charge < -0.3 is 15.4 Å². The average Bonchev–Trinajstić information content (AvgIpc) is 3.19. The Morgan fingerprint density at radius 3 is 2.75 bits per heavy atom. The van der Waals surface area contributed by atoms with E-state index in [-0.39, 0.29) is 11.5 Å². The molecule has 0 saturated heterocycles. The number of nitrogens with zero attached hydrogens (tertiary/aromatic N) is 4. The minimum Gasteiger partial charge on any atom is -0.358 e. The first-order valence-corrected chi connectivity index (χ1v) is 7.18. The van der Waals surface area contributed by atoms with Gasteiger partial charge in [0, 0.05) is 17.3 Å². The minimum absolute atomic E-state index is 0.0889. The largest absolute Gasteiger partial charge is 0.358 e. The third-order valence-corrected chi connectivity index (χ3v) is 3.39. The number of carbonyl (C=O) groups excluding carboxylic acids is 1. The van der Waals surface area contributed by atoms with Crippen molar-refractivity contribution in [1.29, 1.82) is 0 Å². The maximum absolute atomic E-state index is 12.0. The van der Waals surface area contributed by atoms with Crippen LogP contribution in [0, 0.1) is 10.1 Å². The molecule has 2 heterocycles. The van der Waals surface area contributed by atoms with Crippen LogP contribution in [0.2, 0.25) is 5.02 Å². The predicted octanol–water partition coefficient (Wildman–Crippen LogP) is 2.47. The summed E-state index contributed by atoms with van der Waals surface area (Å²) in [6, 6.07) is 10.0. The second-order valence-corrected chi connectivity index (χ2v) is 5.31. The van der Waals surface area contributed by atoms with Crippen molar-refractivity contribution in [3.8, 4) is 0 Å². The van der Waals surface area contributed by atoms with Gasteiger partial charge in [0.15, 0.2) is 11.5 Å². The van der Waals surface area contributed by atoms with Crippen molar-refractivity contribution in [3.05, 3.63) is 69.0 Å². The van der Waals surface area contributed by atoms with Crippen molar-refractivity contribution < 1.29 is 9.72 Å². The summed E-state index contributed by atoms with van der Waals surface area (Å²) in [4.78, 5) is 21.9. The molecular weight excluding hydrogens is 336 g/mol. The van der Waals surface area contributed by atoms with Crippen molar-refractivity contribution in [2.45, 2.75) is 6.54 Å². The highest BCUT2D eigenvalue weighted by atomic mass is 35.5. The molecule has 24 heavy (non-hydrogen) atoms. The molecule has 10 heteroatoms. The lowest BCUT2D eigenvalue weighted by Gasteiger charge is -2.02. The molecule has 0 aliphatic carbocycles. The molecule has 0 unspecified atom stereocenters. The smallest absolute Gasteiger partial charge is 0.343 e. The molecule has 0 bridgehead atoms. The first-order valence-electron chi connectivity index (χ1n) is 6.80. The summed E-state index contributed by atoms with van der Waals surface area (Å²) in [5.41, 5.74) is 0.914. The molecule has 2 N–H and O–H groups in total. The van der Waals surface area contributed by atoms with Crippen molar-refractivity contribution >= 4 is 29.1 Å².